The number of rotatable bonds is 3. The number of benzene rings is 1. The number of hydrogen-bond acceptors (Lipinski definition) is 4. The first kappa shape index (κ1) is 9.91. The highest BCUT2D eigenvalue weighted by Gasteiger charge is 2.10. The molecule has 0 amide bonds. The van der Waals surface area contributed by atoms with Gasteiger partial charge in [0.05, 0.1) is 10.5 Å². The maximum absolute atomic E-state index is 10.5. The lowest BCUT2D eigenvalue weighted by atomic mass is 10.1. The van der Waals surface area contributed by atoms with Gasteiger partial charge in [0.2, 0.25) is 0 Å². The number of nitro benzene ring substituents is 1. The highest BCUT2D eigenvalue weighted by molar-refractivity contribution is 5.77. The SMILES string of the molecule is Nc1ccc([N+](=O)[O-])c(C=CC=O)c1. The van der Waals surface area contributed by atoms with Gasteiger partial charge in [0.1, 0.15) is 6.29 Å². The van der Waals surface area contributed by atoms with Crippen LogP contribution in [-0.2, 0) is 4.79 Å². The summed E-state index contributed by atoms with van der Waals surface area (Å²) in [6.45, 7) is 0. The van der Waals surface area contributed by atoms with Crippen LogP contribution in [0.1, 0.15) is 5.56 Å². The van der Waals surface area contributed by atoms with Gasteiger partial charge in [0.25, 0.3) is 5.69 Å². The fourth-order valence-corrected chi connectivity index (χ4v) is 1.02. The number of allylic oxidation sites excluding steroid dienone is 1. The van der Waals surface area contributed by atoms with E-state index in [2.05, 4.69) is 0 Å². The lowest BCUT2D eigenvalue weighted by Gasteiger charge is -1.98. The largest absolute Gasteiger partial charge is 0.399 e. The summed E-state index contributed by atoms with van der Waals surface area (Å²) in [5.74, 6) is 0. The van der Waals surface area contributed by atoms with Crippen LogP contribution < -0.4 is 5.73 Å². The molecule has 72 valence electrons. The zero-order valence-corrected chi connectivity index (χ0v) is 7.21. The summed E-state index contributed by atoms with van der Waals surface area (Å²) in [5, 5.41) is 10.5. The second-order valence-corrected chi connectivity index (χ2v) is 2.57. The van der Waals surface area contributed by atoms with Crippen molar-refractivity contribution in [2.75, 3.05) is 5.73 Å². The topological polar surface area (TPSA) is 86.2 Å². The number of nitrogens with two attached hydrogens (primary N) is 1. The van der Waals surface area contributed by atoms with Crippen LogP contribution in [0.4, 0.5) is 11.4 Å². The molecule has 5 heteroatoms. The molecule has 0 spiro atoms. The number of nitrogen functional groups attached to an aromatic ring is 1. The number of nitro groups is 1. The van der Waals surface area contributed by atoms with Gasteiger partial charge in [-0.25, -0.2) is 0 Å². The van der Waals surface area contributed by atoms with Gasteiger partial charge in [0, 0.05) is 11.8 Å². The minimum atomic E-state index is -0.524. The molecule has 0 heterocycles. The summed E-state index contributed by atoms with van der Waals surface area (Å²) >= 11 is 0. The Kier molecular flexibility index (Phi) is 2.96. The molecule has 0 fully saturated rings. The Hall–Kier alpha value is -2.17. The first-order chi connectivity index (χ1) is 6.65. The van der Waals surface area contributed by atoms with Gasteiger partial charge in [-0.15, -0.1) is 0 Å². The van der Waals surface area contributed by atoms with E-state index in [-0.39, 0.29) is 5.69 Å². The van der Waals surface area contributed by atoms with Crippen molar-refractivity contribution in [1.82, 2.24) is 0 Å². The Morgan fingerprint density at radius 2 is 2.14 bits per heavy atom. The number of aldehydes is 1. The molecule has 0 aliphatic heterocycles. The molecule has 0 radical (unpaired) electrons. The number of carbonyl (C=O) groups is 1. The minimum Gasteiger partial charge on any atom is -0.399 e. The van der Waals surface area contributed by atoms with E-state index in [9.17, 15) is 14.9 Å². The van der Waals surface area contributed by atoms with E-state index in [4.69, 9.17) is 5.73 Å². The monoisotopic (exact) mass is 192 g/mol. The van der Waals surface area contributed by atoms with Crippen LogP contribution in [0.15, 0.2) is 24.3 Å². The van der Waals surface area contributed by atoms with Gasteiger partial charge in [-0.3, -0.25) is 14.9 Å². The van der Waals surface area contributed by atoms with Crippen LogP contribution in [0.5, 0.6) is 0 Å². The standard InChI is InChI=1S/C9H8N2O3/c10-8-3-4-9(11(13)14)7(6-8)2-1-5-12/h1-6H,10H2. The molecule has 0 aliphatic carbocycles. The van der Waals surface area contributed by atoms with Crippen molar-refractivity contribution < 1.29 is 9.72 Å². The second kappa shape index (κ2) is 4.18. The fraction of sp³-hybridized carbons (Fsp3) is 0. The van der Waals surface area contributed by atoms with Crippen LogP contribution >= 0.6 is 0 Å². The van der Waals surface area contributed by atoms with Crippen molar-refractivity contribution in [3.63, 3.8) is 0 Å². The maximum atomic E-state index is 10.5. The van der Waals surface area contributed by atoms with Crippen LogP contribution in [-0.4, -0.2) is 11.2 Å². The molecule has 0 bridgehead atoms. The number of carbonyl (C=O) groups excluding carboxylic acids is 1. The summed E-state index contributed by atoms with van der Waals surface area (Å²) in [7, 11) is 0. The zero-order valence-electron chi connectivity index (χ0n) is 7.21. The first-order valence-corrected chi connectivity index (χ1v) is 3.81. The van der Waals surface area contributed by atoms with E-state index in [1.165, 1.54) is 30.4 Å². The van der Waals surface area contributed by atoms with Crippen LogP contribution in [0, 0.1) is 10.1 Å². The smallest absolute Gasteiger partial charge is 0.276 e. The van der Waals surface area contributed by atoms with Crippen LogP contribution in [0.25, 0.3) is 6.08 Å². The minimum absolute atomic E-state index is 0.0719. The van der Waals surface area contributed by atoms with Crippen molar-refractivity contribution in [3.05, 3.63) is 40.0 Å². The third-order valence-electron chi connectivity index (χ3n) is 1.60. The quantitative estimate of drug-likeness (QED) is 0.258. The van der Waals surface area contributed by atoms with Crippen molar-refractivity contribution in [2.24, 2.45) is 0 Å². The number of anilines is 1. The molecule has 2 N–H and O–H groups in total. The van der Waals surface area contributed by atoms with Gasteiger partial charge in [0.15, 0.2) is 0 Å². The molecule has 0 unspecified atom stereocenters. The Balaban J connectivity index is 3.22. The Morgan fingerprint density at radius 3 is 2.71 bits per heavy atom. The van der Waals surface area contributed by atoms with E-state index in [1.807, 2.05) is 0 Å². The van der Waals surface area contributed by atoms with Gasteiger partial charge in [-0.05, 0) is 24.3 Å². The number of nitrogens with zero attached hydrogens (tertiary/aromatic N) is 1. The Morgan fingerprint density at radius 1 is 1.43 bits per heavy atom. The molecular formula is C9H8N2O3. The summed E-state index contributed by atoms with van der Waals surface area (Å²) in [5.41, 5.74) is 6.12. The molecule has 1 aromatic carbocycles. The van der Waals surface area contributed by atoms with Crippen molar-refractivity contribution >= 4 is 23.7 Å². The van der Waals surface area contributed by atoms with E-state index in [1.54, 1.807) is 0 Å². The van der Waals surface area contributed by atoms with E-state index < -0.39 is 4.92 Å². The summed E-state index contributed by atoms with van der Waals surface area (Å²) in [4.78, 5) is 20.1. The van der Waals surface area contributed by atoms with E-state index >= 15 is 0 Å². The fourth-order valence-electron chi connectivity index (χ4n) is 1.02. The predicted octanol–water partition coefficient (Wildman–Crippen LogP) is 1.39. The lowest BCUT2D eigenvalue weighted by molar-refractivity contribution is -0.385. The van der Waals surface area contributed by atoms with Gasteiger partial charge in [-0.2, -0.15) is 0 Å². The van der Waals surface area contributed by atoms with Gasteiger partial charge in [-0.1, -0.05) is 0 Å². The molecule has 0 saturated carbocycles. The first-order valence-electron chi connectivity index (χ1n) is 3.81. The van der Waals surface area contributed by atoms with Crippen molar-refractivity contribution in [3.8, 4) is 0 Å². The summed E-state index contributed by atoms with van der Waals surface area (Å²) in [6.07, 6.45) is 3.08. The summed E-state index contributed by atoms with van der Waals surface area (Å²) < 4.78 is 0. The highest BCUT2D eigenvalue weighted by atomic mass is 16.6. The Bertz CT molecular complexity index is 399. The zero-order chi connectivity index (χ0) is 10.6. The molecular weight excluding hydrogens is 184 g/mol. The third-order valence-corrected chi connectivity index (χ3v) is 1.60. The molecule has 0 aromatic heterocycles. The Labute approximate surface area is 80.0 Å². The molecule has 0 aliphatic rings. The average Bonchev–Trinajstić information content (AvgIpc) is 2.14. The highest BCUT2D eigenvalue weighted by Crippen LogP contribution is 2.22. The second-order valence-electron chi connectivity index (χ2n) is 2.57. The number of hydrogen-bond donors (Lipinski definition) is 1. The normalized spacial score (nSPS) is 10.3. The third kappa shape index (κ3) is 2.16. The average molecular weight is 192 g/mol. The maximum Gasteiger partial charge on any atom is 0.276 e. The van der Waals surface area contributed by atoms with Crippen molar-refractivity contribution in [2.45, 2.75) is 0 Å². The van der Waals surface area contributed by atoms with E-state index in [0.29, 0.717) is 17.5 Å². The molecule has 1 rings (SSSR count). The van der Waals surface area contributed by atoms with Gasteiger partial charge < -0.3 is 5.73 Å². The van der Waals surface area contributed by atoms with E-state index in [0.717, 1.165) is 0 Å². The molecule has 0 atom stereocenters. The summed E-state index contributed by atoms with van der Waals surface area (Å²) in [6, 6.07) is 4.19. The predicted molar refractivity (Wildman–Crippen MR) is 52.6 cm³/mol. The van der Waals surface area contributed by atoms with Crippen LogP contribution in [0.2, 0.25) is 0 Å². The lowest BCUT2D eigenvalue weighted by Crippen LogP contribution is -1.93. The van der Waals surface area contributed by atoms with Crippen molar-refractivity contribution in [1.29, 1.82) is 0 Å². The molecule has 0 saturated heterocycles. The van der Waals surface area contributed by atoms with Gasteiger partial charge >= 0.3 is 0 Å². The molecule has 1 aromatic rings. The van der Waals surface area contributed by atoms with Crippen LogP contribution in [0.3, 0.4) is 0 Å². The molecule has 5 nitrogen and oxygen atoms in total. The molecule has 14 heavy (non-hydrogen) atoms.